The van der Waals surface area contributed by atoms with Gasteiger partial charge in [0.15, 0.2) is 0 Å². The van der Waals surface area contributed by atoms with Crippen LogP contribution in [0.15, 0.2) is 29.3 Å². The summed E-state index contributed by atoms with van der Waals surface area (Å²) in [7, 11) is 0. The number of anilines is 1. The van der Waals surface area contributed by atoms with Crippen molar-refractivity contribution in [2.24, 2.45) is 4.99 Å². The molecule has 2 fully saturated rings. The fourth-order valence-corrected chi connectivity index (χ4v) is 4.27. The van der Waals surface area contributed by atoms with Crippen molar-refractivity contribution in [3.63, 3.8) is 0 Å². The Hall–Kier alpha value is -1.96. The van der Waals surface area contributed by atoms with Gasteiger partial charge in [-0.15, -0.1) is 0 Å². The summed E-state index contributed by atoms with van der Waals surface area (Å²) in [5.74, 6) is 1.14. The van der Waals surface area contributed by atoms with E-state index >= 15 is 0 Å². The highest BCUT2D eigenvalue weighted by Crippen LogP contribution is 2.31. The number of amides is 1. The first-order valence-electron chi connectivity index (χ1n) is 10.6. The Morgan fingerprint density at radius 2 is 1.97 bits per heavy atom. The van der Waals surface area contributed by atoms with Gasteiger partial charge >= 0.3 is 0 Å². The first-order chi connectivity index (χ1) is 13.8. The number of likely N-dealkylation sites (tertiary alicyclic amines) is 1. The monoisotopic (exact) mass is 399 g/mol. The zero-order chi connectivity index (χ0) is 20.5. The molecule has 0 saturated carbocycles. The van der Waals surface area contributed by atoms with Gasteiger partial charge in [0.2, 0.25) is 5.91 Å². The van der Waals surface area contributed by atoms with Crippen LogP contribution in [0.1, 0.15) is 32.8 Å². The highest BCUT2D eigenvalue weighted by atomic mass is 16.5. The van der Waals surface area contributed by atoms with Crippen LogP contribution in [0, 0.1) is 0 Å². The summed E-state index contributed by atoms with van der Waals surface area (Å²) in [4.78, 5) is 22.2. The van der Waals surface area contributed by atoms with Gasteiger partial charge < -0.3 is 15.0 Å². The van der Waals surface area contributed by atoms with Crippen LogP contribution in [0.2, 0.25) is 0 Å². The van der Waals surface area contributed by atoms with E-state index in [0.717, 1.165) is 44.1 Å². The molecule has 0 radical (unpaired) electrons. The number of benzene rings is 1. The summed E-state index contributed by atoms with van der Waals surface area (Å²) in [5.41, 5.74) is 1.77. The Balaban J connectivity index is 1.55. The molecule has 0 aromatic heterocycles. The number of rotatable bonds is 2. The number of fused-ring (bicyclic) bond motifs is 1. The standard InChI is InChI=1S/C22H33N5O2/c1-21(2,3)25-20-22(23-14-17-6-4-5-7-18(17)24-20)8-9-27(16-22)19(28)15-26-10-12-29-13-11-26/h4-7,23H,8-16H2,1-3H3,(H,24,25)/t22-/m0/s1. The van der Waals surface area contributed by atoms with Crippen molar-refractivity contribution in [1.29, 1.82) is 0 Å². The molecule has 1 spiro atoms. The van der Waals surface area contributed by atoms with Crippen LogP contribution < -0.4 is 10.6 Å². The maximum atomic E-state index is 13.0. The number of nitrogens with zero attached hydrogens (tertiary/aromatic N) is 3. The number of morpholine rings is 1. The van der Waals surface area contributed by atoms with Crippen LogP contribution in [0.3, 0.4) is 0 Å². The third-order valence-electron chi connectivity index (χ3n) is 5.87. The number of aliphatic imine (C=N–C) groups is 1. The van der Waals surface area contributed by atoms with E-state index < -0.39 is 0 Å². The van der Waals surface area contributed by atoms with Crippen molar-refractivity contribution >= 4 is 17.4 Å². The maximum absolute atomic E-state index is 13.0. The van der Waals surface area contributed by atoms with Gasteiger partial charge in [0.1, 0.15) is 5.84 Å². The predicted octanol–water partition coefficient (Wildman–Crippen LogP) is 1.70. The number of carbonyl (C=O) groups excluding carboxylic acids is 1. The molecule has 0 unspecified atom stereocenters. The van der Waals surface area contributed by atoms with Gasteiger partial charge in [-0.3, -0.25) is 20.0 Å². The Morgan fingerprint density at radius 3 is 2.72 bits per heavy atom. The number of amidine groups is 1. The van der Waals surface area contributed by atoms with Crippen molar-refractivity contribution < 1.29 is 9.53 Å². The molecule has 7 nitrogen and oxygen atoms in total. The van der Waals surface area contributed by atoms with Crippen LogP contribution in [-0.4, -0.2) is 78.6 Å². The minimum atomic E-state index is -0.340. The molecule has 7 heteroatoms. The molecular formula is C22H33N5O2. The second-order valence-electron chi connectivity index (χ2n) is 9.30. The highest BCUT2D eigenvalue weighted by molar-refractivity contribution is 6.04. The summed E-state index contributed by atoms with van der Waals surface area (Å²) in [6, 6.07) is 8.35. The lowest BCUT2D eigenvalue weighted by atomic mass is 9.95. The lowest BCUT2D eigenvalue weighted by molar-refractivity contribution is -0.132. The number of nitrogens with one attached hydrogen (secondary N) is 2. The highest BCUT2D eigenvalue weighted by Gasteiger charge is 2.46. The maximum Gasteiger partial charge on any atom is 0.236 e. The third kappa shape index (κ3) is 4.63. The predicted molar refractivity (Wildman–Crippen MR) is 115 cm³/mol. The van der Waals surface area contributed by atoms with Gasteiger partial charge in [0, 0.05) is 38.4 Å². The van der Waals surface area contributed by atoms with E-state index in [4.69, 9.17) is 9.73 Å². The van der Waals surface area contributed by atoms with E-state index in [9.17, 15) is 4.79 Å². The van der Waals surface area contributed by atoms with Crippen LogP contribution in [0.5, 0.6) is 0 Å². The van der Waals surface area contributed by atoms with Crippen molar-refractivity contribution in [2.45, 2.75) is 44.8 Å². The van der Waals surface area contributed by atoms with E-state index in [1.165, 1.54) is 5.56 Å². The van der Waals surface area contributed by atoms with Gasteiger partial charge in [0.05, 0.1) is 30.8 Å². The quantitative estimate of drug-likeness (QED) is 0.792. The van der Waals surface area contributed by atoms with Crippen molar-refractivity contribution in [1.82, 2.24) is 15.1 Å². The minimum Gasteiger partial charge on any atom is -0.379 e. The number of hydrogen-bond donors (Lipinski definition) is 2. The molecule has 1 atom stereocenters. The fourth-order valence-electron chi connectivity index (χ4n) is 4.27. The molecular weight excluding hydrogens is 366 g/mol. The SMILES string of the molecule is CC(C)(C)N=C1Nc2ccccc2CN[C@]12CCN(C(=O)CN1CCOCC1)C2. The summed E-state index contributed by atoms with van der Waals surface area (Å²) in [6.07, 6.45) is 0.859. The molecule has 0 bridgehead atoms. The summed E-state index contributed by atoms with van der Waals surface area (Å²) < 4.78 is 5.40. The smallest absolute Gasteiger partial charge is 0.236 e. The lowest BCUT2D eigenvalue weighted by Gasteiger charge is -2.33. The van der Waals surface area contributed by atoms with E-state index in [1.807, 2.05) is 11.0 Å². The number of carbonyl (C=O) groups is 1. The molecule has 3 aliphatic heterocycles. The molecule has 2 N–H and O–H groups in total. The zero-order valence-corrected chi connectivity index (χ0v) is 17.8. The van der Waals surface area contributed by atoms with Gasteiger partial charge in [0.25, 0.3) is 0 Å². The first kappa shape index (κ1) is 20.3. The Morgan fingerprint density at radius 1 is 1.21 bits per heavy atom. The van der Waals surface area contributed by atoms with E-state index in [1.54, 1.807) is 0 Å². The lowest BCUT2D eigenvalue weighted by Crippen LogP contribution is -2.56. The molecule has 158 valence electrons. The molecule has 1 amide bonds. The van der Waals surface area contributed by atoms with E-state index in [0.29, 0.717) is 26.3 Å². The number of para-hydroxylation sites is 1. The van der Waals surface area contributed by atoms with E-state index in [-0.39, 0.29) is 17.0 Å². The van der Waals surface area contributed by atoms with Crippen molar-refractivity contribution in [3.8, 4) is 0 Å². The zero-order valence-electron chi connectivity index (χ0n) is 17.8. The molecule has 2 saturated heterocycles. The topological polar surface area (TPSA) is 69.2 Å². The second kappa shape index (κ2) is 8.05. The van der Waals surface area contributed by atoms with Gasteiger partial charge in [-0.05, 0) is 38.8 Å². The van der Waals surface area contributed by atoms with Crippen LogP contribution in [0.25, 0.3) is 0 Å². The molecule has 3 heterocycles. The Labute approximate surface area is 173 Å². The molecule has 4 rings (SSSR count). The normalized spacial score (nSPS) is 27.0. The number of ether oxygens (including phenoxy) is 1. The molecule has 29 heavy (non-hydrogen) atoms. The largest absolute Gasteiger partial charge is 0.379 e. The summed E-state index contributed by atoms with van der Waals surface area (Å²) >= 11 is 0. The molecule has 0 aliphatic carbocycles. The van der Waals surface area contributed by atoms with Gasteiger partial charge in [-0.25, -0.2) is 0 Å². The number of hydrogen-bond acceptors (Lipinski definition) is 5. The van der Waals surface area contributed by atoms with Gasteiger partial charge in [-0.1, -0.05) is 18.2 Å². The average molecular weight is 400 g/mol. The molecule has 3 aliphatic rings. The molecule has 1 aromatic carbocycles. The van der Waals surface area contributed by atoms with Crippen molar-refractivity contribution in [3.05, 3.63) is 29.8 Å². The van der Waals surface area contributed by atoms with Crippen LogP contribution in [-0.2, 0) is 16.1 Å². The van der Waals surface area contributed by atoms with Crippen molar-refractivity contribution in [2.75, 3.05) is 51.3 Å². The van der Waals surface area contributed by atoms with E-state index in [2.05, 4.69) is 54.5 Å². The third-order valence-corrected chi connectivity index (χ3v) is 5.87. The van der Waals surface area contributed by atoms with Gasteiger partial charge in [-0.2, -0.15) is 0 Å². The first-order valence-corrected chi connectivity index (χ1v) is 10.6. The summed E-state index contributed by atoms with van der Waals surface area (Å²) in [5, 5.41) is 7.37. The molecule has 1 aromatic rings. The van der Waals surface area contributed by atoms with Crippen LogP contribution in [0.4, 0.5) is 5.69 Å². The Bertz CT molecular complexity index is 782. The summed E-state index contributed by atoms with van der Waals surface area (Å²) in [6.45, 7) is 12.0. The minimum absolute atomic E-state index is 0.197. The second-order valence-corrected chi connectivity index (χ2v) is 9.30. The average Bonchev–Trinajstić information content (AvgIpc) is 3.06. The fraction of sp³-hybridized carbons (Fsp3) is 0.636. The van der Waals surface area contributed by atoms with Crippen LogP contribution >= 0.6 is 0 Å². The Kier molecular flexibility index (Phi) is 5.64.